The maximum atomic E-state index is 5.77. The van der Waals surface area contributed by atoms with Gasteiger partial charge in [-0.15, -0.1) is 0 Å². The summed E-state index contributed by atoms with van der Waals surface area (Å²) in [6, 6.07) is 0.291. The third-order valence-corrected chi connectivity index (χ3v) is 4.31. The van der Waals surface area contributed by atoms with Gasteiger partial charge in [-0.3, -0.25) is 16.0 Å². The van der Waals surface area contributed by atoms with Gasteiger partial charge in [-0.1, -0.05) is 26.7 Å². The third-order valence-electron chi connectivity index (χ3n) is 4.31. The Morgan fingerprint density at radius 3 is 2.83 bits per heavy atom. The van der Waals surface area contributed by atoms with Crippen molar-refractivity contribution in [2.45, 2.75) is 65.0 Å². The molecule has 0 amide bonds. The van der Waals surface area contributed by atoms with Crippen LogP contribution in [0.15, 0.2) is 6.33 Å². The minimum atomic E-state index is 0.291. The zero-order valence-electron chi connectivity index (χ0n) is 11.5. The van der Waals surface area contributed by atoms with Gasteiger partial charge in [0.15, 0.2) is 0 Å². The molecule has 3 N–H and O–H groups in total. The molecule has 1 aromatic rings. The van der Waals surface area contributed by atoms with Gasteiger partial charge in [0.25, 0.3) is 0 Å². The summed E-state index contributed by atoms with van der Waals surface area (Å²) < 4.78 is 2.00. The van der Waals surface area contributed by atoms with E-state index in [0.717, 1.165) is 25.2 Å². The minimum Gasteiger partial charge on any atom is -0.271 e. The van der Waals surface area contributed by atoms with Crippen molar-refractivity contribution in [3.05, 3.63) is 12.2 Å². The summed E-state index contributed by atoms with van der Waals surface area (Å²) in [6.45, 7) is 5.43. The molecule has 2 rings (SSSR count). The van der Waals surface area contributed by atoms with E-state index >= 15 is 0 Å². The molecule has 0 aliphatic heterocycles. The topological polar surface area (TPSA) is 68.8 Å². The summed E-state index contributed by atoms with van der Waals surface area (Å²) in [5.74, 6) is 6.82. The molecule has 5 heteroatoms. The first-order valence-electron chi connectivity index (χ1n) is 7.02. The molecule has 1 fully saturated rings. The first kappa shape index (κ1) is 13.5. The molecular weight excluding hydrogens is 226 g/mol. The Morgan fingerprint density at radius 1 is 1.50 bits per heavy atom. The number of hydrogen-bond acceptors (Lipinski definition) is 4. The van der Waals surface area contributed by atoms with Gasteiger partial charge in [-0.2, -0.15) is 5.10 Å². The average molecular weight is 251 g/mol. The molecule has 1 atom stereocenters. The van der Waals surface area contributed by atoms with Crippen LogP contribution in [-0.2, 0) is 13.0 Å². The summed E-state index contributed by atoms with van der Waals surface area (Å²) in [6.07, 6.45) is 8.73. The molecule has 1 saturated carbocycles. The van der Waals surface area contributed by atoms with E-state index in [9.17, 15) is 0 Å². The van der Waals surface area contributed by atoms with Crippen LogP contribution in [0.25, 0.3) is 0 Å². The molecule has 1 aliphatic carbocycles. The van der Waals surface area contributed by atoms with Crippen molar-refractivity contribution in [3.63, 3.8) is 0 Å². The predicted molar refractivity (Wildman–Crippen MR) is 71.7 cm³/mol. The van der Waals surface area contributed by atoms with Gasteiger partial charge in [0.05, 0.1) is 0 Å². The first-order valence-corrected chi connectivity index (χ1v) is 7.02. The lowest BCUT2D eigenvalue weighted by Gasteiger charge is -2.33. The Kier molecular flexibility index (Phi) is 4.35. The highest BCUT2D eigenvalue weighted by molar-refractivity contribution is 4.98. The number of nitrogens with one attached hydrogen (secondary N) is 1. The number of hydrazine groups is 1. The third kappa shape index (κ3) is 2.72. The second-order valence-electron chi connectivity index (χ2n) is 5.68. The Labute approximate surface area is 109 Å². The maximum absolute atomic E-state index is 5.77. The van der Waals surface area contributed by atoms with Crippen LogP contribution in [0.5, 0.6) is 0 Å². The highest BCUT2D eigenvalue weighted by Gasteiger charge is 2.37. The zero-order valence-corrected chi connectivity index (χ0v) is 11.5. The normalized spacial score (nSPS) is 20.2. The second kappa shape index (κ2) is 5.80. The van der Waals surface area contributed by atoms with Crippen LogP contribution in [0.1, 0.15) is 51.8 Å². The molecule has 1 heterocycles. The number of nitrogens with zero attached hydrogens (tertiary/aromatic N) is 3. The summed E-state index contributed by atoms with van der Waals surface area (Å²) in [5, 5.41) is 4.28. The van der Waals surface area contributed by atoms with Gasteiger partial charge in [-0.25, -0.2) is 4.98 Å². The van der Waals surface area contributed by atoms with E-state index in [0.29, 0.717) is 11.5 Å². The number of aromatic nitrogens is 3. The van der Waals surface area contributed by atoms with Crippen LogP contribution in [0.2, 0.25) is 0 Å². The molecule has 1 aliphatic rings. The van der Waals surface area contributed by atoms with Gasteiger partial charge < -0.3 is 0 Å². The van der Waals surface area contributed by atoms with Crippen molar-refractivity contribution >= 4 is 0 Å². The highest BCUT2D eigenvalue weighted by atomic mass is 15.3. The van der Waals surface area contributed by atoms with Gasteiger partial charge in [0, 0.05) is 19.0 Å². The monoisotopic (exact) mass is 251 g/mol. The van der Waals surface area contributed by atoms with Crippen molar-refractivity contribution in [1.82, 2.24) is 20.2 Å². The molecule has 102 valence electrons. The van der Waals surface area contributed by atoms with Crippen molar-refractivity contribution in [2.24, 2.45) is 11.3 Å². The largest absolute Gasteiger partial charge is 0.271 e. The fraction of sp³-hybridized carbons (Fsp3) is 0.846. The van der Waals surface area contributed by atoms with Crippen molar-refractivity contribution < 1.29 is 0 Å². The van der Waals surface area contributed by atoms with Gasteiger partial charge in [0.2, 0.25) is 0 Å². The molecule has 18 heavy (non-hydrogen) atoms. The van der Waals surface area contributed by atoms with E-state index in [1.54, 1.807) is 6.33 Å². The summed E-state index contributed by atoms with van der Waals surface area (Å²) >= 11 is 0. The van der Waals surface area contributed by atoms with Crippen molar-refractivity contribution in [3.8, 4) is 0 Å². The van der Waals surface area contributed by atoms with Crippen LogP contribution in [0.4, 0.5) is 0 Å². The number of nitrogens with two attached hydrogens (primary N) is 1. The first-order chi connectivity index (χ1) is 8.69. The summed E-state index contributed by atoms with van der Waals surface area (Å²) in [5.41, 5.74) is 3.31. The van der Waals surface area contributed by atoms with E-state index in [2.05, 4.69) is 29.4 Å². The van der Waals surface area contributed by atoms with E-state index < -0.39 is 0 Å². The molecule has 1 aromatic heterocycles. The van der Waals surface area contributed by atoms with E-state index in [-0.39, 0.29) is 0 Å². The fourth-order valence-electron chi connectivity index (χ4n) is 3.06. The number of hydrogen-bond donors (Lipinski definition) is 2. The Hall–Kier alpha value is -0.940. The molecule has 0 radical (unpaired) electrons. The lowest BCUT2D eigenvalue weighted by Crippen LogP contribution is -2.47. The van der Waals surface area contributed by atoms with Gasteiger partial charge >= 0.3 is 0 Å². The second-order valence-corrected chi connectivity index (χ2v) is 5.68. The zero-order chi connectivity index (χ0) is 13.0. The van der Waals surface area contributed by atoms with Crippen LogP contribution in [0.3, 0.4) is 0 Å². The molecule has 1 unspecified atom stereocenters. The van der Waals surface area contributed by atoms with E-state index in [1.165, 1.54) is 25.7 Å². The minimum absolute atomic E-state index is 0.291. The van der Waals surface area contributed by atoms with Crippen LogP contribution in [0, 0.1) is 5.41 Å². The number of rotatable bonds is 6. The number of aryl methyl sites for hydroxylation is 1. The van der Waals surface area contributed by atoms with Crippen molar-refractivity contribution in [2.75, 3.05) is 0 Å². The summed E-state index contributed by atoms with van der Waals surface area (Å²) in [7, 11) is 0. The van der Waals surface area contributed by atoms with E-state index in [1.807, 2.05) is 4.68 Å². The Morgan fingerprint density at radius 2 is 2.22 bits per heavy atom. The Bertz CT molecular complexity index is 367. The molecule has 0 bridgehead atoms. The standard InChI is InChI=1S/C13H25N5/c1-3-8-18-12(15-10-16-18)9-11(17-14)13(2)6-4-5-7-13/h10-11,17H,3-9,14H2,1-2H3. The molecule has 0 aromatic carbocycles. The van der Waals surface area contributed by atoms with Crippen LogP contribution in [-0.4, -0.2) is 20.8 Å². The smallest absolute Gasteiger partial charge is 0.138 e. The van der Waals surface area contributed by atoms with Crippen molar-refractivity contribution in [1.29, 1.82) is 0 Å². The quantitative estimate of drug-likeness (QED) is 0.596. The average Bonchev–Trinajstić information content (AvgIpc) is 2.97. The molecule has 0 saturated heterocycles. The van der Waals surface area contributed by atoms with Gasteiger partial charge in [0.1, 0.15) is 12.2 Å². The maximum Gasteiger partial charge on any atom is 0.138 e. The predicted octanol–water partition coefficient (Wildman–Crippen LogP) is 1.64. The molecular formula is C13H25N5. The lowest BCUT2D eigenvalue weighted by molar-refractivity contribution is 0.216. The van der Waals surface area contributed by atoms with E-state index in [4.69, 9.17) is 5.84 Å². The molecule has 5 nitrogen and oxygen atoms in total. The SMILES string of the molecule is CCCn1ncnc1CC(NN)C1(C)CCCC1. The molecule has 0 spiro atoms. The summed E-state index contributed by atoms with van der Waals surface area (Å²) in [4.78, 5) is 4.38. The van der Waals surface area contributed by atoms with Crippen LogP contribution >= 0.6 is 0 Å². The fourth-order valence-corrected chi connectivity index (χ4v) is 3.06. The van der Waals surface area contributed by atoms with Gasteiger partial charge in [-0.05, 0) is 24.7 Å². The lowest BCUT2D eigenvalue weighted by atomic mass is 9.79. The van der Waals surface area contributed by atoms with Crippen LogP contribution < -0.4 is 11.3 Å². The Balaban J connectivity index is 2.07. The highest BCUT2D eigenvalue weighted by Crippen LogP contribution is 2.41.